The van der Waals surface area contributed by atoms with Crippen LogP contribution in [0.3, 0.4) is 0 Å². The first kappa shape index (κ1) is 19.9. The Hall–Kier alpha value is -2.37. The quantitative estimate of drug-likeness (QED) is 0.772. The summed E-state index contributed by atoms with van der Waals surface area (Å²) in [7, 11) is 0. The van der Waals surface area contributed by atoms with E-state index in [-0.39, 0.29) is 43.0 Å². The van der Waals surface area contributed by atoms with Crippen molar-refractivity contribution in [2.45, 2.75) is 40.2 Å². The maximum Gasteiger partial charge on any atom is 0.305 e. The van der Waals surface area contributed by atoms with Gasteiger partial charge in [-0.15, -0.1) is 0 Å². The number of amides is 2. The molecule has 6 nitrogen and oxygen atoms in total. The maximum absolute atomic E-state index is 12.8. The molecule has 1 aliphatic rings. The monoisotopic (exact) mass is 360 g/mol. The fourth-order valence-electron chi connectivity index (χ4n) is 3.23. The van der Waals surface area contributed by atoms with Crippen molar-refractivity contribution in [3.63, 3.8) is 0 Å². The molecule has 26 heavy (non-hydrogen) atoms. The van der Waals surface area contributed by atoms with Gasteiger partial charge in [0.2, 0.25) is 11.8 Å². The van der Waals surface area contributed by atoms with Crippen LogP contribution in [0.1, 0.15) is 37.8 Å². The van der Waals surface area contributed by atoms with E-state index in [9.17, 15) is 14.4 Å². The first-order valence-electron chi connectivity index (χ1n) is 9.10. The lowest BCUT2D eigenvalue weighted by Crippen LogP contribution is -2.40. The fraction of sp³-hybridized carbons (Fsp3) is 0.550. The van der Waals surface area contributed by atoms with E-state index in [1.807, 2.05) is 45.0 Å². The number of rotatable bonds is 8. The number of carboxylic acids is 1. The normalized spacial score (nSPS) is 17.0. The minimum atomic E-state index is -0.921. The average molecular weight is 360 g/mol. The van der Waals surface area contributed by atoms with Crippen LogP contribution in [0.2, 0.25) is 0 Å². The lowest BCUT2D eigenvalue weighted by Gasteiger charge is -2.26. The van der Waals surface area contributed by atoms with Crippen molar-refractivity contribution in [1.82, 2.24) is 9.80 Å². The van der Waals surface area contributed by atoms with E-state index in [4.69, 9.17) is 5.11 Å². The van der Waals surface area contributed by atoms with Gasteiger partial charge in [0.05, 0.1) is 12.3 Å². The average Bonchev–Trinajstić information content (AvgIpc) is 2.93. The Kier molecular flexibility index (Phi) is 6.77. The topological polar surface area (TPSA) is 77.9 Å². The highest BCUT2D eigenvalue weighted by Crippen LogP contribution is 2.23. The van der Waals surface area contributed by atoms with Crippen LogP contribution in [-0.2, 0) is 20.9 Å². The summed E-state index contributed by atoms with van der Waals surface area (Å²) in [5.74, 6) is -1.20. The smallest absolute Gasteiger partial charge is 0.305 e. The minimum Gasteiger partial charge on any atom is -0.481 e. The molecular weight excluding hydrogens is 332 g/mol. The Labute approximate surface area is 154 Å². The number of benzene rings is 1. The van der Waals surface area contributed by atoms with Gasteiger partial charge in [0.15, 0.2) is 0 Å². The zero-order chi connectivity index (χ0) is 19.3. The Morgan fingerprint density at radius 3 is 2.50 bits per heavy atom. The molecule has 1 aromatic carbocycles. The van der Waals surface area contributed by atoms with E-state index in [0.717, 1.165) is 11.1 Å². The first-order chi connectivity index (χ1) is 12.3. The number of carboxylic acid groups (broad SMARTS) is 1. The maximum atomic E-state index is 12.8. The van der Waals surface area contributed by atoms with Crippen LogP contribution in [0.4, 0.5) is 0 Å². The summed E-state index contributed by atoms with van der Waals surface area (Å²) in [4.78, 5) is 39.4. The van der Waals surface area contributed by atoms with Gasteiger partial charge in [0, 0.05) is 32.6 Å². The second-order valence-corrected chi connectivity index (χ2v) is 7.48. The highest BCUT2D eigenvalue weighted by atomic mass is 16.4. The molecule has 0 radical (unpaired) electrons. The predicted molar refractivity (Wildman–Crippen MR) is 98.4 cm³/mol. The summed E-state index contributed by atoms with van der Waals surface area (Å²) in [6, 6.07) is 8.01. The number of likely N-dealkylation sites (tertiary alicyclic amines) is 1. The van der Waals surface area contributed by atoms with Crippen LogP contribution < -0.4 is 0 Å². The molecule has 2 amide bonds. The molecule has 142 valence electrons. The van der Waals surface area contributed by atoms with Gasteiger partial charge in [-0.25, -0.2) is 0 Å². The molecule has 0 bridgehead atoms. The third-order valence-corrected chi connectivity index (χ3v) is 4.55. The molecule has 0 saturated carbocycles. The molecule has 0 spiro atoms. The van der Waals surface area contributed by atoms with E-state index in [2.05, 4.69) is 0 Å². The highest BCUT2D eigenvalue weighted by Gasteiger charge is 2.36. The van der Waals surface area contributed by atoms with Crippen molar-refractivity contribution in [1.29, 1.82) is 0 Å². The van der Waals surface area contributed by atoms with Gasteiger partial charge in [0.25, 0.3) is 0 Å². The molecule has 6 heteroatoms. The van der Waals surface area contributed by atoms with Gasteiger partial charge in [-0.05, 0) is 18.4 Å². The molecule has 1 N–H and O–H groups in total. The van der Waals surface area contributed by atoms with Crippen LogP contribution >= 0.6 is 0 Å². The summed E-state index contributed by atoms with van der Waals surface area (Å²) in [5, 5.41) is 8.91. The molecule has 1 aromatic rings. The van der Waals surface area contributed by atoms with Crippen LogP contribution in [0, 0.1) is 18.8 Å². The van der Waals surface area contributed by atoms with E-state index >= 15 is 0 Å². The minimum absolute atomic E-state index is 0.0216. The summed E-state index contributed by atoms with van der Waals surface area (Å²) < 4.78 is 0. The standard InChI is InChI=1S/C20H28N2O4/c1-14(2)11-21(9-8-19(24)25)20(26)17-10-18(23)22(13-17)12-16-6-4-15(3)5-7-16/h4-7,14,17H,8-13H2,1-3H3,(H,24,25). The summed E-state index contributed by atoms with van der Waals surface area (Å²) in [6.07, 6.45) is 0.124. The van der Waals surface area contributed by atoms with Crippen molar-refractivity contribution in [2.75, 3.05) is 19.6 Å². The second kappa shape index (κ2) is 8.83. The summed E-state index contributed by atoms with van der Waals surface area (Å²) in [5.41, 5.74) is 2.21. The molecule has 1 saturated heterocycles. The van der Waals surface area contributed by atoms with E-state index in [0.29, 0.717) is 19.6 Å². The number of nitrogens with zero attached hydrogens (tertiary/aromatic N) is 2. The Bertz CT molecular complexity index is 654. The van der Waals surface area contributed by atoms with Gasteiger partial charge < -0.3 is 14.9 Å². The first-order valence-corrected chi connectivity index (χ1v) is 9.10. The van der Waals surface area contributed by atoms with Gasteiger partial charge in [-0.1, -0.05) is 43.7 Å². The van der Waals surface area contributed by atoms with Gasteiger partial charge >= 0.3 is 5.97 Å². The van der Waals surface area contributed by atoms with Crippen LogP contribution in [0.25, 0.3) is 0 Å². The zero-order valence-electron chi connectivity index (χ0n) is 15.8. The largest absolute Gasteiger partial charge is 0.481 e. The van der Waals surface area contributed by atoms with Crippen molar-refractivity contribution >= 4 is 17.8 Å². The second-order valence-electron chi connectivity index (χ2n) is 7.48. The molecule has 0 aliphatic carbocycles. The van der Waals surface area contributed by atoms with Gasteiger partial charge in [-0.3, -0.25) is 14.4 Å². The lowest BCUT2D eigenvalue weighted by atomic mass is 10.1. The number of aliphatic carboxylic acids is 1. The highest BCUT2D eigenvalue weighted by molar-refractivity contribution is 5.89. The number of aryl methyl sites for hydroxylation is 1. The number of carbonyl (C=O) groups excluding carboxylic acids is 2. The fourth-order valence-corrected chi connectivity index (χ4v) is 3.23. The van der Waals surface area contributed by atoms with E-state index < -0.39 is 5.97 Å². The third kappa shape index (κ3) is 5.58. The van der Waals surface area contributed by atoms with E-state index in [1.54, 1.807) is 9.80 Å². The molecule has 1 atom stereocenters. The van der Waals surface area contributed by atoms with E-state index in [1.165, 1.54) is 0 Å². The van der Waals surface area contributed by atoms with Crippen molar-refractivity contribution in [3.8, 4) is 0 Å². The van der Waals surface area contributed by atoms with Crippen LogP contribution in [0.15, 0.2) is 24.3 Å². The summed E-state index contributed by atoms with van der Waals surface area (Å²) >= 11 is 0. The van der Waals surface area contributed by atoms with Gasteiger partial charge in [0.1, 0.15) is 0 Å². The number of carbonyl (C=O) groups is 3. The number of hydrogen-bond acceptors (Lipinski definition) is 3. The van der Waals surface area contributed by atoms with Crippen molar-refractivity contribution in [2.24, 2.45) is 11.8 Å². The Balaban J connectivity index is 2.00. The zero-order valence-corrected chi connectivity index (χ0v) is 15.8. The molecule has 2 rings (SSSR count). The SMILES string of the molecule is Cc1ccc(CN2CC(C(=O)N(CCC(=O)O)CC(C)C)CC2=O)cc1. The lowest BCUT2D eigenvalue weighted by molar-refractivity contribution is -0.140. The Morgan fingerprint density at radius 2 is 1.92 bits per heavy atom. The van der Waals surface area contributed by atoms with Crippen molar-refractivity contribution in [3.05, 3.63) is 35.4 Å². The molecule has 1 aliphatic heterocycles. The molecular formula is C20H28N2O4. The van der Waals surface area contributed by atoms with Gasteiger partial charge in [-0.2, -0.15) is 0 Å². The summed E-state index contributed by atoms with van der Waals surface area (Å²) in [6.45, 7) is 7.59. The molecule has 1 heterocycles. The van der Waals surface area contributed by atoms with Crippen LogP contribution in [-0.4, -0.2) is 52.3 Å². The molecule has 0 aromatic heterocycles. The molecule has 1 unspecified atom stereocenters. The number of hydrogen-bond donors (Lipinski definition) is 1. The molecule has 1 fully saturated rings. The predicted octanol–water partition coefficient (Wildman–Crippen LogP) is 2.30. The Morgan fingerprint density at radius 1 is 1.27 bits per heavy atom. The third-order valence-electron chi connectivity index (χ3n) is 4.55. The van der Waals surface area contributed by atoms with Crippen LogP contribution in [0.5, 0.6) is 0 Å². The van der Waals surface area contributed by atoms with Crippen molar-refractivity contribution < 1.29 is 19.5 Å².